The molecule has 2 aromatic rings. The standard InChI is InChI=1S/C29H37NO7/c1-4-8-19-10-6-11-20-18-25(24(37-27(19)20)14-15-26(31)32)36-17-7-16-35-23-13-12-22(29(30)33)28(34-3)21(23)9-5-2/h5-6,10-13,24-25H,2,4,7-9,14-18H2,1,3H3,(H2,30,33)(H,31,32). The first kappa shape index (κ1) is 28.1. The van der Waals surface area contributed by atoms with Crippen LogP contribution in [0.15, 0.2) is 43.0 Å². The maximum absolute atomic E-state index is 11.8. The van der Waals surface area contributed by atoms with Gasteiger partial charge in [0.2, 0.25) is 0 Å². The summed E-state index contributed by atoms with van der Waals surface area (Å²) < 4.78 is 23.9. The van der Waals surface area contributed by atoms with Crippen LogP contribution in [0.1, 0.15) is 59.7 Å². The highest BCUT2D eigenvalue weighted by Crippen LogP contribution is 2.35. The van der Waals surface area contributed by atoms with Crippen LogP contribution in [0.2, 0.25) is 0 Å². The lowest BCUT2D eigenvalue weighted by atomic mass is 9.93. The normalized spacial score (nSPS) is 16.4. The van der Waals surface area contributed by atoms with Crippen molar-refractivity contribution in [3.05, 3.63) is 65.2 Å². The molecular weight excluding hydrogens is 474 g/mol. The van der Waals surface area contributed by atoms with Crippen molar-refractivity contribution in [3.63, 3.8) is 0 Å². The lowest BCUT2D eigenvalue weighted by Gasteiger charge is -2.34. The fourth-order valence-electron chi connectivity index (χ4n) is 4.65. The molecule has 0 spiro atoms. The van der Waals surface area contributed by atoms with Crippen LogP contribution >= 0.6 is 0 Å². The Morgan fingerprint density at radius 3 is 2.73 bits per heavy atom. The van der Waals surface area contributed by atoms with Gasteiger partial charge in [0.05, 0.1) is 32.0 Å². The lowest BCUT2D eigenvalue weighted by molar-refractivity contribution is -0.138. The number of methoxy groups -OCH3 is 1. The zero-order valence-electron chi connectivity index (χ0n) is 21.7. The highest BCUT2D eigenvalue weighted by molar-refractivity contribution is 5.96. The summed E-state index contributed by atoms with van der Waals surface area (Å²) in [4.78, 5) is 23.0. The van der Waals surface area contributed by atoms with Gasteiger partial charge in [0.15, 0.2) is 0 Å². The number of hydrogen-bond acceptors (Lipinski definition) is 6. The number of carbonyl (C=O) groups excluding carboxylic acids is 1. The lowest BCUT2D eigenvalue weighted by Crippen LogP contribution is -2.40. The Balaban J connectivity index is 1.63. The molecule has 0 saturated heterocycles. The molecule has 2 aromatic carbocycles. The highest BCUT2D eigenvalue weighted by atomic mass is 16.5. The van der Waals surface area contributed by atoms with Crippen molar-refractivity contribution in [1.82, 2.24) is 0 Å². The Morgan fingerprint density at radius 1 is 1.24 bits per heavy atom. The third-order valence-electron chi connectivity index (χ3n) is 6.36. The fourth-order valence-corrected chi connectivity index (χ4v) is 4.65. The van der Waals surface area contributed by atoms with E-state index in [1.54, 1.807) is 18.2 Å². The third kappa shape index (κ3) is 7.26. The van der Waals surface area contributed by atoms with Crippen LogP contribution in [-0.2, 0) is 28.8 Å². The van der Waals surface area contributed by atoms with Crippen LogP contribution in [0.3, 0.4) is 0 Å². The molecular formula is C29H37NO7. The third-order valence-corrected chi connectivity index (χ3v) is 6.36. The number of amides is 1. The second-order valence-electron chi connectivity index (χ2n) is 9.04. The maximum Gasteiger partial charge on any atom is 0.303 e. The molecule has 0 saturated carbocycles. The number of carboxylic acids is 1. The topological polar surface area (TPSA) is 117 Å². The predicted octanol–water partition coefficient (Wildman–Crippen LogP) is 4.50. The van der Waals surface area contributed by atoms with Crippen molar-refractivity contribution in [2.24, 2.45) is 5.73 Å². The van der Waals surface area contributed by atoms with E-state index in [-0.39, 0.29) is 18.6 Å². The fraction of sp³-hybridized carbons (Fsp3) is 0.448. The first-order chi connectivity index (χ1) is 17.9. The molecule has 1 heterocycles. The summed E-state index contributed by atoms with van der Waals surface area (Å²) >= 11 is 0. The van der Waals surface area contributed by atoms with E-state index in [9.17, 15) is 14.7 Å². The number of aryl methyl sites for hydroxylation is 1. The van der Waals surface area contributed by atoms with Crippen LogP contribution in [0, 0.1) is 0 Å². The number of rotatable bonds is 15. The number of fused-ring (bicyclic) bond motifs is 1. The summed E-state index contributed by atoms with van der Waals surface area (Å²) in [6.07, 6.45) is 5.21. The molecule has 1 amide bonds. The highest BCUT2D eigenvalue weighted by Gasteiger charge is 2.32. The average Bonchev–Trinajstić information content (AvgIpc) is 2.87. The summed E-state index contributed by atoms with van der Waals surface area (Å²) in [6.45, 7) is 6.71. The number of nitrogens with two attached hydrogens (primary N) is 1. The van der Waals surface area contributed by atoms with Gasteiger partial charge >= 0.3 is 5.97 Å². The zero-order chi connectivity index (χ0) is 26.8. The van der Waals surface area contributed by atoms with E-state index in [1.165, 1.54) is 7.11 Å². The molecule has 0 fully saturated rings. The Hall–Kier alpha value is -3.52. The number of aliphatic carboxylic acids is 1. The molecule has 1 aliphatic rings. The summed E-state index contributed by atoms with van der Waals surface area (Å²) in [5.74, 6) is 0.447. The molecule has 0 aromatic heterocycles. The minimum absolute atomic E-state index is 0.0220. The smallest absolute Gasteiger partial charge is 0.303 e. The van der Waals surface area contributed by atoms with Gasteiger partial charge in [-0.15, -0.1) is 6.58 Å². The number of carbonyl (C=O) groups is 2. The van der Waals surface area contributed by atoms with E-state index in [0.717, 1.165) is 29.7 Å². The first-order valence-corrected chi connectivity index (χ1v) is 12.7. The van der Waals surface area contributed by atoms with Gasteiger partial charge in [-0.1, -0.05) is 37.6 Å². The summed E-state index contributed by atoms with van der Waals surface area (Å²) in [5, 5.41) is 9.21. The number of allylic oxidation sites excluding steroid dienone is 1. The van der Waals surface area contributed by atoms with E-state index in [0.29, 0.717) is 61.5 Å². The molecule has 37 heavy (non-hydrogen) atoms. The van der Waals surface area contributed by atoms with Gasteiger partial charge in [-0.25, -0.2) is 0 Å². The second kappa shape index (κ2) is 13.7. The zero-order valence-corrected chi connectivity index (χ0v) is 21.7. The van der Waals surface area contributed by atoms with Crippen LogP contribution in [0.5, 0.6) is 17.2 Å². The summed E-state index contributed by atoms with van der Waals surface area (Å²) in [7, 11) is 1.49. The van der Waals surface area contributed by atoms with Crippen LogP contribution in [-0.4, -0.2) is 49.5 Å². The molecule has 1 aliphatic heterocycles. The molecule has 2 unspecified atom stereocenters. The molecule has 8 heteroatoms. The Bertz CT molecular complexity index is 1100. The monoisotopic (exact) mass is 511 g/mol. The van der Waals surface area contributed by atoms with Crippen LogP contribution in [0.25, 0.3) is 0 Å². The number of hydrogen-bond donors (Lipinski definition) is 2. The quantitative estimate of drug-likeness (QED) is 0.267. The van der Waals surface area contributed by atoms with E-state index in [2.05, 4.69) is 19.6 Å². The first-order valence-electron chi connectivity index (χ1n) is 12.7. The molecule has 0 radical (unpaired) electrons. The minimum atomic E-state index is -0.850. The van der Waals surface area contributed by atoms with E-state index < -0.39 is 11.9 Å². The molecule has 200 valence electrons. The predicted molar refractivity (Wildman–Crippen MR) is 141 cm³/mol. The van der Waals surface area contributed by atoms with Gasteiger partial charge in [0.25, 0.3) is 5.91 Å². The largest absolute Gasteiger partial charge is 0.495 e. The maximum atomic E-state index is 11.8. The number of ether oxygens (including phenoxy) is 4. The molecule has 3 rings (SSSR count). The number of carboxylic acid groups (broad SMARTS) is 1. The van der Waals surface area contributed by atoms with Crippen molar-refractivity contribution in [1.29, 1.82) is 0 Å². The van der Waals surface area contributed by atoms with Gasteiger partial charge in [-0.2, -0.15) is 0 Å². The van der Waals surface area contributed by atoms with Crippen molar-refractivity contribution >= 4 is 11.9 Å². The van der Waals surface area contributed by atoms with Gasteiger partial charge in [0, 0.05) is 24.8 Å². The van der Waals surface area contributed by atoms with E-state index in [4.69, 9.17) is 24.7 Å². The van der Waals surface area contributed by atoms with E-state index in [1.807, 2.05) is 12.1 Å². The second-order valence-corrected chi connectivity index (χ2v) is 9.04. The molecule has 3 N–H and O–H groups in total. The minimum Gasteiger partial charge on any atom is -0.495 e. The molecule has 8 nitrogen and oxygen atoms in total. The molecule has 0 aliphatic carbocycles. The van der Waals surface area contributed by atoms with Crippen molar-refractivity contribution in [2.45, 2.75) is 64.1 Å². The summed E-state index contributed by atoms with van der Waals surface area (Å²) in [6, 6.07) is 9.46. The molecule has 2 atom stereocenters. The Kier molecular flexibility index (Phi) is 10.4. The number of primary amides is 1. The molecule has 0 bridgehead atoms. The van der Waals surface area contributed by atoms with Crippen molar-refractivity contribution in [2.75, 3.05) is 20.3 Å². The van der Waals surface area contributed by atoms with Crippen molar-refractivity contribution < 1.29 is 33.6 Å². The summed E-state index contributed by atoms with van der Waals surface area (Å²) in [5.41, 5.74) is 8.72. The van der Waals surface area contributed by atoms with Gasteiger partial charge < -0.3 is 29.8 Å². The van der Waals surface area contributed by atoms with Crippen LogP contribution < -0.4 is 19.9 Å². The van der Waals surface area contributed by atoms with Gasteiger partial charge in [-0.3, -0.25) is 9.59 Å². The Morgan fingerprint density at radius 2 is 2.05 bits per heavy atom. The van der Waals surface area contributed by atoms with Crippen LogP contribution in [0.4, 0.5) is 0 Å². The van der Waals surface area contributed by atoms with Gasteiger partial charge in [-0.05, 0) is 42.5 Å². The average molecular weight is 512 g/mol. The van der Waals surface area contributed by atoms with Gasteiger partial charge in [0.1, 0.15) is 23.4 Å². The van der Waals surface area contributed by atoms with Crippen molar-refractivity contribution in [3.8, 4) is 17.2 Å². The Labute approximate surface area is 218 Å². The number of benzene rings is 2. The number of para-hydroxylation sites is 1. The van der Waals surface area contributed by atoms with E-state index >= 15 is 0 Å². The SMILES string of the molecule is C=CCc1c(OCCCOC2Cc3cccc(CCC)c3OC2CCC(=O)O)ccc(C(N)=O)c1OC.